The summed E-state index contributed by atoms with van der Waals surface area (Å²) in [6.07, 6.45) is 1.53. The minimum absolute atomic E-state index is 0.0346. The van der Waals surface area contributed by atoms with Crippen LogP contribution in [0.15, 0.2) is 40.6 Å². The zero-order valence-corrected chi connectivity index (χ0v) is 16.3. The topological polar surface area (TPSA) is 65.8 Å². The number of nitrogens with one attached hydrogen (secondary N) is 1. The summed E-state index contributed by atoms with van der Waals surface area (Å²) < 4.78 is 0. The second-order valence-corrected chi connectivity index (χ2v) is 7.76. The lowest BCUT2D eigenvalue weighted by Crippen LogP contribution is -2.15. The van der Waals surface area contributed by atoms with Crippen LogP contribution < -0.4 is 5.32 Å². The van der Waals surface area contributed by atoms with E-state index < -0.39 is 5.91 Å². The van der Waals surface area contributed by atoms with E-state index >= 15 is 0 Å². The minimum atomic E-state index is -0.423. The SMILES string of the molecule is Cc1cc(C)c(NC(=O)/C(C#N)=C\c2csc(-c3cccs3)n2)c(C)c1. The molecule has 1 aromatic carbocycles. The van der Waals surface area contributed by atoms with Crippen LogP contribution in [0.1, 0.15) is 22.4 Å². The first-order chi connectivity index (χ1) is 12.5. The zero-order valence-electron chi connectivity index (χ0n) is 14.7. The number of thiophene rings is 1. The van der Waals surface area contributed by atoms with Gasteiger partial charge < -0.3 is 5.32 Å². The third kappa shape index (κ3) is 3.90. The maximum atomic E-state index is 12.5. The molecule has 130 valence electrons. The lowest BCUT2D eigenvalue weighted by molar-refractivity contribution is -0.112. The highest BCUT2D eigenvalue weighted by Gasteiger charge is 2.14. The van der Waals surface area contributed by atoms with Gasteiger partial charge in [-0.25, -0.2) is 4.98 Å². The van der Waals surface area contributed by atoms with Crippen molar-refractivity contribution in [3.63, 3.8) is 0 Å². The molecule has 0 radical (unpaired) electrons. The average Bonchev–Trinajstić information content (AvgIpc) is 3.26. The van der Waals surface area contributed by atoms with Crippen LogP contribution in [0.2, 0.25) is 0 Å². The molecule has 0 spiro atoms. The van der Waals surface area contributed by atoms with Crippen molar-refractivity contribution in [2.75, 3.05) is 5.32 Å². The van der Waals surface area contributed by atoms with Crippen LogP contribution in [0.25, 0.3) is 16.0 Å². The van der Waals surface area contributed by atoms with Crippen molar-refractivity contribution in [3.8, 4) is 16.0 Å². The van der Waals surface area contributed by atoms with Crippen LogP contribution in [-0.4, -0.2) is 10.9 Å². The largest absolute Gasteiger partial charge is 0.321 e. The molecule has 1 N–H and O–H groups in total. The molecule has 2 aromatic heterocycles. The molecule has 6 heteroatoms. The standard InChI is InChI=1S/C20H17N3OS2/c1-12-7-13(2)18(14(3)8-12)23-19(24)15(10-21)9-16-11-26-20(22-16)17-5-4-6-25-17/h4-9,11H,1-3H3,(H,23,24)/b15-9-. The molecule has 1 amide bonds. The Morgan fingerprint density at radius 3 is 2.58 bits per heavy atom. The molecule has 0 saturated carbocycles. The number of aryl methyl sites for hydroxylation is 3. The number of amides is 1. The summed E-state index contributed by atoms with van der Waals surface area (Å²) in [5.41, 5.74) is 4.48. The molecular formula is C20H17N3OS2. The molecule has 0 aliphatic carbocycles. The lowest BCUT2D eigenvalue weighted by atomic mass is 10.0. The number of hydrogen-bond acceptors (Lipinski definition) is 5. The van der Waals surface area contributed by atoms with E-state index in [1.54, 1.807) is 11.3 Å². The van der Waals surface area contributed by atoms with Gasteiger partial charge in [-0.15, -0.1) is 22.7 Å². The van der Waals surface area contributed by atoms with Gasteiger partial charge in [-0.1, -0.05) is 23.8 Å². The van der Waals surface area contributed by atoms with Crippen molar-refractivity contribution in [1.82, 2.24) is 4.98 Å². The van der Waals surface area contributed by atoms with Gasteiger partial charge in [0.05, 0.1) is 10.6 Å². The van der Waals surface area contributed by atoms with Gasteiger partial charge in [0.1, 0.15) is 16.6 Å². The van der Waals surface area contributed by atoms with Gasteiger partial charge >= 0.3 is 0 Å². The number of hydrogen-bond donors (Lipinski definition) is 1. The Labute approximate surface area is 160 Å². The molecule has 0 atom stereocenters. The fraction of sp³-hybridized carbons (Fsp3) is 0.150. The Morgan fingerprint density at radius 2 is 1.96 bits per heavy atom. The monoisotopic (exact) mass is 379 g/mol. The average molecular weight is 380 g/mol. The summed E-state index contributed by atoms with van der Waals surface area (Å²) in [6.45, 7) is 5.90. The molecule has 0 aliphatic heterocycles. The Balaban J connectivity index is 1.84. The first-order valence-electron chi connectivity index (χ1n) is 7.98. The van der Waals surface area contributed by atoms with E-state index in [1.807, 2.05) is 61.9 Å². The number of rotatable bonds is 4. The number of nitriles is 1. The van der Waals surface area contributed by atoms with Crippen LogP contribution in [0.5, 0.6) is 0 Å². The molecule has 0 aliphatic rings. The predicted octanol–water partition coefficient (Wildman–Crippen LogP) is 5.34. The van der Waals surface area contributed by atoms with E-state index in [0.717, 1.165) is 32.3 Å². The highest BCUT2D eigenvalue weighted by atomic mass is 32.1. The number of aromatic nitrogens is 1. The van der Waals surface area contributed by atoms with Gasteiger partial charge in [0.25, 0.3) is 5.91 Å². The highest BCUT2D eigenvalue weighted by Crippen LogP contribution is 2.28. The first kappa shape index (κ1) is 18.1. The van der Waals surface area contributed by atoms with E-state index in [4.69, 9.17) is 0 Å². The summed E-state index contributed by atoms with van der Waals surface area (Å²) in [4.78, 5) is 18.1. The lowest BCUT2D eigenvalue weighted by Gasteiger charge is -2.12. The number of thiazole rings is 1. The highest BCUT2D eigenvalue weighted by molar-refractivity contribution is 7.20. The molecule has 26 heavy (non-hydrogen) atoms. The van der Waals surface area contributed by atoms with Crippen molar-refractivity contribution >= 4 is 40.3 Å². The van der Waals surface area contributed by atoms with Crippen molar-refractivity contribution < 1.29 is 4.79 Å². The van der Waals surface area contributed by atoms with Crippen LogP contribution in [0.4, 0.5) is 5.69 Å². The Hall–Kier alpha value is -2.75. The fourth-order valence-corrected chi connectivity index (χ4v) is 4.31. The van der Waals surface area contributed by atoms with Gasteiger partial charge in [0, 0.05) is 11.1 Å². The second-order valence-electron chi connectivity index (χ2n) is 5.95. The number of benzene rings is 1. The minimum Gasteiger partial charge on any atom is -0.321 e. The van der Waals surface area contributed by atoms with E-state index in [-0.39, 0.29) is 5.57 Å². The maximum Gasteiger partial charge on any atom is 0.266 e. The summed E-state index contributed by atoms with van der Waals surface area (Å²) in [5.74, 6) is -0.423. The van der Waals surface area contributed by atoms with Gasteiger partial charge in [-0.3, -0.25) is 4.79 Å². The van der Waals surface area contributed by atoms with E-state index in [9.17, 15) is 10.1 Å². The van der Waals surface area contributed by atoms with Crippen LogP contribution in [-0.2, 0) is 4.79 Å². The Bertz CT molecular complexity index is 1000. The summed E-state index contributed by atoms with van der Waals surface area (Å²) in [6, 6.07) is 9.96. The van der Waals surface area contributed by atoms with Gasteiger partial charge in [0.15, 0.2) is 0 Å². The molecule has 0 fully saturated rings. The van der Waals surface area contributed by atoms with E-state index in [1.165, 1.54) is 17.4 Å². The van der Waals surface area contributed by atoms with E-state index in [2.05, 4.69) is 10.3 Å². The fourth-order valence-electron chi connectivity index (χ4n) is 2.72. The van der Waals surface area contributed by atoms with Crippen LogP contribution >= 0.6 is 22.7 Å². The molecule has 0 saturated heterocycles. The van der Waals surface area contributed by atoms with Crippen molar-refractivity contribution in [1.29, 1.82) is 5.26 Å². The zero-order chi connectivity index (χ0) is 18.7. The number of anilines is 1. The maximum absolute atomic E-state index is 12.5. The normalized spacial score (nSPS) is 11.2. The molecule has 2 heterocycles. The second kappa shape index (κ2) is 7.65. The summed E-state index contributed by atoms with van der Waals surface area (Å²) in [5, 5.41) is 17.0. The number of nitrogens with zero attached hydrogens (tertiary/aromatic N) is 2. The molecule has 0 unspecified atom stereocenters. The predicted molar refractivity (Wildman–Crippen MR) is 108 cm³/mol. The van der Waals surface area contributed by atoms with Gasteiger partial charge in [-0.05, 0) is 49.4 Å². The summed E-state index contributed by atoms with van der Waals surface area (Å²) in [7, 11) is 0. The first-order valence-corrected chi connectivity index (χ1v) is 9.74. The summed E-state index contributed by atoms with van der Waals surface area (Å²) >= 11 is 3.10. The molecule has 4 nitrogen and oxygen atoms in total. The van der Waals surface area contributed by atoms with Crippen LogP contribution in [0, 0.1) is 32.1 Å². The number of carbonyl (C=O) groups excluding carboxylic acids is 1. The van der Waals surface area contributed by atoms with Gasteiger partial charge in [-0.2, -0.15) is 5.26 Å². The van der Waals surface area contributed by atoms with E-state index in [0.29, 0.717) is 5.69 Å². The van der Waals surface area contributed by atoms with Crippen molar-refractivity contribution in [2.24, 2.45) is 0 Å². The smallest absolute Gasteiger partial charge is 0.266 e. The molecule has 0 bridgehead atoms. The quantitative estimate of drug-likeness (QED) is 0.491. The molecule has 3 rings (SSSR count). The molecular weight excluding hydrogens is 362 g/mol. The Morgan fingerprint density at radius 1 is 1.23 bits per heavy atom. The third-order valence-corrected chi connectivity index (χ3v) is 5.73. The number of carbonyl (C=O) groups is 1. The third-order valence-electron chi connectivity index (χ3n) is 3.83. The Kier molecular flexibility index (Phi) is 5.31. The van der Waals surface area contributed by atoms with Gasteiger partial charge in [0.2, 0.25) is 0 Å². The molecule has 3 aromatic rings. The van der Waals surface area contributed by atoms with Crippen molar-refractivity contribution in [3.05, 3.63) is 63.0 Å². The van der Waals surface area contributed by atoms with Crippen LogP contribution in [0.3, 0.4) is 0 Å². The van der Waals surface area contributed by atoms with Crippen molar-refractivity contribution in [2.45, 2.75) is 20.8 Å².